The van der Waals surface area contributed by atoms with Crippen molar-refractivity contribution >= 4 is 68.8 Å². The Morgan fingerprint density at radius 2 is 1.81 bits per heavy atom. The second kappa shape index (κ2) is 14.7. The molecule has 0 aliphatic carbocycles. The van der Waals surface area contributed by atoms with Crippen LogP contribution >= 0.6 is 23.2 Å². The standard InChI is InChI=1S/C45H44Cl2N6O4/c1-24(14-15-48)17-29-20-30-22-52(37-11-7-9-33-35(45(55)56)23-51(21-29)41(33)37)44(54)43-32(10-8-16-57-31-18-25(2)40(47)26(3)19-31)34-12-13-36(46)39(42(34)53(30)43)38-27(4)49-50(6)28(38)5/h7,9,11-15,17-19,23,30,48H,8,10,16,20-22H2,1-6H3,(H,55,56)/b24-14-,29-17+,48-15?/t30-/m1/s1. The molecule has 0 saturated heterocycles. The summed E-state index contributed by atoms with van der Waals surface area (Å²) in [4.78, 5) is 29.8. The van der Waals surface area contributed by atoms with Crippen LogP contribution in [0.4, 0.5) is 5.69 Å². The van der Waals surface area contributed by atoms with E-state index in [9.17, 15) is 9.90 Å². The average molecular weight is 804 g/mol. The van der Waals surface area contributed by atoms with Crippen LogP contribution in [0.2, 0.25) is 10.0 Å². The Labute approximate surface area is 341 Å². The smallest absolute Gasteiger partial charge is 0.337 e. The summed E-state index contributed by atoms with van der Waals surface area (Å²) < 4.78 is 12.3. The summed E-state index contributed by atoms with van der Waals surface area (Å²) in [7, 11) is 1.93. The van der Waals surface area contributed by atoms with Crippen molar-refractivity contribution in [3.8, 4) is 16.9 Å². The summed E-state index contributed by atoms with van der Waals surface area (Å²) in [5.41, 5.74) is 11.4. The molecule has 1 atom stereocenters. The third kappa shape index (κ3) is 6.45. The number of fused-ring (bicyclic) bond motifs is 7. The fourth-order valence-electron chi connectivity index (χ4n) is 9.01. The van der Waals surface area contributed by atoms with Gasteiger partial charge in [0.1, 0.15) is 11.4 Å². The van der Waals surface area contributed by atoms with Gasteiger partial charge < -0.3 is 29.3 Å². The van der Waals surface area contributed by atoms with Crippen LogP contribution in [0.15, 0.2) is 72.0 Å². The zero-order chi connectivity index (χ0) is 40.4. The highest BCUT2D eigenvalue weighted by molar-refractivity contribution is 6.35. The van der Waals surface area contributed by atoms with E-state index in [1.54, 1.807) is 12.3 Å². The molecule has 3 aromatic heterocycles. The first-order valence-corrected chi connectivity index (χ1v) is 19.8. The van der Waals surface area contributed by atoms with E-state index >= 15 is 4.79 Å². The van der Waals surface area contributed by atoms with Gasteiger partial charge in [-0.3, -0.25) is 9.48 Å². The molecule has 0 spiro atoms. The average Bonchev–Trinajstić information content (AvgIpc) is 3.79. The Kier molecular flexibility index (Phi) is 9.90. The number of carbonyl (C=O) groups is 2. The molecule has 57 heavy (non-hydrogen) atoms. The lowest BCUT2D eigenvalue weighted by atomic mass is 9.98. The van der Waals surface area contributed by atoms with E-state index in [0.29, 0.717) is 66.3 Å². The summed E-state index contributed by atoms with van der Waals surface area (Å²) >= 11 is 13.7. The fraction of sp³-hybridized carbons (Fsp3) is 0.289. The second-order valence-electron chi connectivity index (χ2n) is 15.3. The molecule has 0 fully saturated rings. The number of aromatic carboxylic acids is 1. The summed E-state index contributed by atoms with van der Waals surface area (Å²) in [6.45, 7) is 11.1. The molecule has 3 aromatic carbocycles. The molecule has 2 bridgehead atoms. The molecular weight excluding hydrogens is 759 g/mol. The zero-order valence-electron chi connectivity index (χ0n) is 32.8. The minimum absolute atomic E-state index is 0.159. The van der Waals surface area contributed by atoms with E-state index in [0.717, 1.165) is 72.0 Å². The molecule has 12 heteroatoms. The maximum atomic E-state index is 15.4. The van der Waals surface area contributed by atoms with Crippen LogP contribution in [0.1, 0.15) is 74.7 Å². The Hall–Kier alpha value is -5.58. The van der Waals surface area contributed by atoms with E-state index in [2.05, 4.69) is 10.6 Å². The highest BCUT2D eigenvalue weighted by atomic mass is 35.5. The fourth-order valence-corrected chi connectivity index (χ4v) is 9.37. The Morgan fingerprint density at radius 1 is 1.05 bits per heavy atom. The number of rotatable bonds is 9. The van der Waals surface area contributed by atoms with Gasteiger partial charge in [0.2, 0.25) is 0 Å². The maximum absolute atomic E-state index is 15.4. The number of aromatic nitrogens is 4. The first-order chi connectivity index (χ1) is 27.3. The molecule has 1 amide bonds. The highest BCUT2D eigenvalue weighted by Crippen LogP contribution is 2.47. The van der Waals surface area contributed by atoms with Gasteiger partial charge in [-0.25, -0.2) is 4.79 Å². The van der Waals surface area contributed by atoms with Crippen LogP contribution in [0.25, 0.3) is 32.9 Å². The van der Waals surface area contributed by atoms with E-state index in [4.69, 9.17) is 38.4 Å². The number of carboxylic acid groups (broad SMARTS) is 1. The van der Waals surface area contributed by atoms with E-state index < -0.39 is 5.97 Å². The molecule has 292 valence electrons. The molecule has 2 aliphatic heterocycles. The van der Waals surface area contributed by atoms with Crippen molar-refractivity contribution in [1.29, 1.82) is 5.41 Å². The molecule has 0 saturated carbocycles. The third-order valence-corrected chi connectivity index (χ3v) is 12.4. The predicted molar refractivity (Wildman–Crippen MR) is 228 cm³/mol. The number of amides is 1. The van der Waals surface area contributed by atoms with Crippen LogP contribution in [0, 0.1) is 33.1 Å². The lowest BCUT2D eigenvalue weighted by Crippen LogP contribution is -2.43. The molecule has 10 nitrogen and oxygen atoms in total. The number of hydrogen-bond acceptors (Lipinski definition) is 5. The predicted octanol–water partition coefficient (Wildman–Crippen LogP) is 10.4. The number of ether oxygens (including phenoxy) is 1. The van der Waals surface area contributed by atoms with Gasteiger partial charge in [0, 0.05) is 65.2 Å². The number of nitrogens with one attached hydrogen (secondary N) is 1. The normalized spacial score (nSPS) is 16.2. The van der Waals surface area contributed by atoms with Gasteiger partial charge in [-0.05, 0) is 112 Å². The van der Waals surface area contributed by atoms with Crippen molar-refractivity contribution in [2.24, 2.45) is 7.05 Å². The lowest BCUT2D eigenvalue weighted by molar-refractivity contribution is 0.0698. The van der Waals surface area contributed by atoms with Crippen LogP contribution in [0.3, 0.4) is 0 Å². The first-order valence-electron chi connectivity index (χ1n) is 19.1. The van der Waals surface area contributed by atoms with Crippen molar-refractivity contribution < 1.29 is 19.4 Å². The van der Waals surface area contributed by atoms with E-state index in [1.807, 2.05) is 98.3 Å². The SMILES string of the molecule is CC(=C/C=N)/C=C1\C[C@@H]2CN(C(=O)c3c(CCCOc4cc(C)c(Cl)c(C)c4)c4ccc(Cl)c(-c5c(C)nn(C)c5C)c4n32)c2cccc3c(C(=O)O)cn(c23)C1. The monoisotopic (exact) mass is 802 g/mol. The number of halogens is 2. The van der Waals surface area contributed by atoms with Crippen LogP contribution in [0.5, 0.6) is 5.75 Å². The lowest BCUT2D eigenvalue weighted by Gasteiger charge is -2.36. The topological polar surface area (TPSA) is 118 Å². The summed E-state index contributed by atoms with van der Waals surface area (Å²) in [6, 6.07) is 13.2. The second-order valence-corrected chi connectivity index (χ2v) is 16.1. The van der Waals surface area contributed by atoms with Crippen molar-refractivity contribution in [3.63, 3.8) is 0 Å². The molecule has 5 heterocycles. The van der Waals surface area contributed by atoms with Crippen molar-refractivity contribution in [2.45, 2.75) is 66.5 Å². The number of carbonyl (C=O) groups excluding carboxylic acids is 1. The number of anilines is 1. The summed E-state index contributed by atoms with van der Waals surface area (Å²) in [5.74, 6) is -0.437. The number of para-hydroxylation sites is 1. The molecule has 0 radical (unpaired) electrons. The highest BCUT2D eigenvalue weighted by Gasteiger charge is 2.40. The van der Waals surface area contributed by atoms with Gasteiger partial charge in [-0.1, -0.05) is 47.5 Å². The van der Waals surface area contributed by atoms with Gasteiger partial charge in [0.25, 0.3) is 5.91 Å². The number of allylic oxidation sites excluding steroid dienone is 4. The Bertz CT molecular complexity index is 2730. The zero-order valence-corrected chi connectivity index (χ0v) is 34.3. The van der Waals surface area contributed by atoms with Crippen LogP contribution < -0.4 is 9.64 Å². The molecule has 0 unspecified atom stereocenters. The molecule has 8 rings (SSSR count). The van der Waals surface area contributed by atoms with E-state index in [1.165, 1.54) is 6.21 Å². The Morgan fingerprint density at radius 3 is 2.49 bits per heavy atom. The number of nitrogens with zero attached hydrogens (tertiary/aromatic N) is 5. The number of benzene rings is 3. The molecular formula is C45H44Cl2N6O4. The van der Waals surface area contributed by atoms with Crippen LogP contribution in [-0.4, -0.2) is 55.3 Å². The van der Waals surface area contributed by atoms with Gasteiger partial charge >= 0.3 is 5.97 Å². The molecule has 2 N–H and O–H groups in total. The summed E-state index contributed by atoms with van der Waals surface area (Å²) in [5, 5.41) is 25.6. The quantitative estimate of drug-likeness (QED) is 0.111. The first kappa shape index (κ1) is 38.3. The largest absolute Gasteiger partial charge is 0.494 e. The van der Waals surface area contributed by atoms with Crippen molar-refractivity contribution in [1.82, 2.24) is 18.9 Å². The van der Waals surface area contributed by atoms with Crippen molar-refractivity contribution in [2.75, 3.05) is 18.1 Å². The maximum Gasteiger partial charge on any atom is 0.337 e. The molecule has 2 aliphatic rings. The van der Waals surface area contributed by atoms with E-state index in [-0.39, 0.29) is 17.5 Å². The minimum Gasteiger partial charge on any atom is -0.494 e. The van der Waals surface area contributed by atoms with Gasteiger partial charge in [-0.15, -0.1) is 0 Å². The number of hydrogen-bond donors (Lipinski definition) is 2. The third-order valence-electron chi connectivity index (χ3n) is 11.5. The van der Waals surface area contributed by atoms with Gasteiger partial charge in [0.05, 0.1) is 45.6 Å². The number of aryl methyl sites for hydroxylation is 5. The van der Waals surface area contributed by atoms with Crippen molar-refractivity contribution in [3.05, 3.63) is 121 Å². The summed E-state index contributed by atoms with van der Waals surface area (Å²) in [6.07, 6.45) is 8.51. The van der Waals surface area contributed by atoms with Crippen LogP contribution in [-0.2, 0) is 20.0 Å². The molecule has 6 aromatic rings. The number of carboxylic acids is 1. The minimum atomic E-state index is -1.03. The van der Waals surface area contributed by atoms with Gasteiger partial charge in [0.15, 0.2) is 0 Å². The van der Waals surface area contributed by atoms with Gasteiger partial charge in [-0.2, -0.15) is 5.10 Å². The Balaban J connectivity index is 1.36.